The summed E-state index contributed by atoms with van der Waals surface area (Å²) in [7, 11) is 0. The van der Waals surface area contributed by atoms with Crippen LogP contribution in [-0.2, 0) is 21.5 Å². The first-order valence-corrected chi connectivity index (χ1v) is 11.2. The maximum atomic E-state index is 13.5. The molecule has 0 unspecified atom stereocenters. The molecule has 4 aliphatic rings. The number of ether oxygens (including phenoxy) is 1. The number of amides is 1. The number of nitrogens with two attached hydrogens (primary N) is 1. The zero-order valence-corrected chi connectivity index (χ0v) is 17.7. The number of likely N-dealkylation sites (tertiary alicyclic amines) is 1. The van der Waals surface area contributed by atoms with Crippen molar-refractivity contribution in [2.24, 2.45) is 11.7 Å². The van der Waals surface area contributed by atoms with Crippen molar-refractivity contribution < 1.29 is 14.3 Å². The first-order chi connectivity index (χ1) is 15.1. The third-order valence-corrected chi connectivity index (χ3v) is 7.22. The second-order valence-corrected chi connectivity index (χ2v) is 9.09. The van der Waals surface area contributed by atoms with Crippen LogP contribution in [0, 0.1) is 5.92 Å². The fourth-order valence-corrected chi connectivity index (χ4v) is 5.20. The molecule has 2 bridgehead atoms. The van der Waals surface area contributed by atoms with Gasteiger partial charge in [0.05, 0.1) is 0 Å². The number of fused-ring (bicyclic) bond motifs is 3. The molecule has 6 rings (SSSR count). The maximum absolute atomic E-state index is 13.5. The van der Waals surface area contributed by atoms with Crippen LogP contribution < -0.4 is 5.73 Å². The van der Waals surface area contributed by atoms with Crippen LogP contribution in [0.15, 0.2) is 54.6 Å². The van der Waals surface area contributed by atoms with Gasteiger partial charge >= 0.3 is 5.97 Å². The van der Waals surface area contributed by atoms with E-state index >= 15 is 0 Å². The molecule has 0 aromatic heterocycles. The molecular formula is C25H29N3O3. The molecule has 4 heterocycles. The number of rotatable bonds is 5. The summed E-state index contributed by atoms with van der Waals surface area (Å²) in [5, 5.41) is 0. The topological polar surface area (TPSA) is 75.9 Å². The summed E-state index contributed by atoms with van der Waals surface area (Å²) in [5.74, 6) is 0.200. The molecule has 0 radical (unpaired) electrons. The number of piperidine rings is 3. The van der Waals surface area contributed by atoms with Crippen molar-refractivity contribution in [3.8, 4) is 0 Å². The summed E-state index contributed by atoms with van der Waals surface area (Å²) in [4.78, 5) is 30.6. The second-order valence-electron chi connectivity index (χ2n) is 9.09. The van der Waals surface area contributed by atoms with E-state index in [-0.39, 0.29) is 18.0 Å². The zero-order chi connectivity index (χ0) is 21.4. The van der Waals surface area contributed by atoms with Crippen molar-refractivity contribution in [1.82, 2.24) is 9.80 Å². The van der Waals surface area contributed by atoms with Gasteiger partial charge in [-0.1, -0.05) is 42.5 Å². The summed E-state index contributed by atoms with van der Waals surface area (Å²) in [6.45, 7) is 4.17. The highest BCUT2D eigenvalue weighted by Crippen LogP contribution is 2.39. The van der Waals surface area contributed by atoms with E-state index in [0.717, 1.165) is 43.6 Å². The second kappa shape index (κ2) is 8.09. The van der Waals surface area contributed by atoms with E-state index in [0.29, 0.717) is 31.1 Å². The van der Waals surface area contributed by atoms with E-state index in [1.54, 1.807) is 17.0 Å². The van der Waals surface area contributed by atoms with Crippen molar-refractivity contribution in [2.75, 3.05) is 32.7 Å². The summed E-state index contributed by atoms with van der Waals surface area (Å²) in [6.07, 6.45) is 2.16. The van der Waals surface area contributed by atoms with E-state index < -0.39 is 5.41 Å². The smallest absolute Gasteiger partial charge is 0.320 e. The van der Waals surface area contributed by atoms with E-state index in [1.807, 2.05) is 42.5 Å². The monoisotopic (exact) mass is 419 g/mol. The molecule has 1 atom stereocenters. The Bertz CT molecular complexity index is 946. The lowest BCUT2D eigenvalue weighted by Crippen LogP contribution is -2.66. The quantitative estimate of drug-likeness (QED) is 0.752. The fraction of sp³-hybridized carbons (Fsp3) is 0.440. The minimum absolute atomic E-state index is 0.0378. The van der Waals surface area contributed by atoms with Crippen LogP contribution in [0.25, 0.3) is 0 Å². The average Bonchev–Trinajstić information content (AvgIpc) is 2.80. The van der Waals surface area contributed by atoms with Gasteiger partial charge in [-0.2, -0.15) is 0 Å². The molecule has 6 nitrogen and oxygen atoms in total. The molecule has 4 aliphatic heterocycles. The van der Waals surface area contributed by atoms with E-state index in [9.17, 15) is 9.59 Å². The van der Waals surface area contributed by atoms with Gasteiger partial charge in [0.15, 0.2) is 0 Å². The van der Waals surface area contributed by atoms with Crippen LogP contribution in [0.4, 0.5) is 0 Å². The first-order valence-electron chi connectivity index (χ1n) is 11.2. The molecule has 2 N–H and O–H groups in total. The Hall–Kier alpha value is -2.70. The van der Waals surface area contributed by atoms with Gasteiger partial charge in [-0.25, -0.2) is 0 Å². The maximum Gasteiger partial charge on any atom is 0.320 e. The van der Waals surface area contributed by atoms with E-state index in [4.69, 9.17) is 10.5 Å². The minimum Gasteiger partial charge on any atom is -0.460 e. The van der Waals surface area contributed by atoms with Crippen molar-refractivity contribution in [3.05, 3.63) is 71.3 Å². The van der Waals surface area contributed by atoms with Gasteiger partial charge in [0.25, 0.3) is 5.91 Å². The summed E-state index contributed by atoms with van der Waals surface area (Å²) >= 11 is 0. The number of hydrogen-bond acceptors (Lipinski definition) is 5. The van der Waals surface area contributed by atoms with Crippen LogP contribution in [0.2, 0.25) is 0 Å². The Morgan fingerprint density at radius 3 is 2.26 bits per heavy atom. The Labute approximate surface area is 183 Å². The van der Waals surface area contributed by atoms with Crippen molar-refractivity contribution in [3.63, 3.8) is 0 Å². The lowest BCUT2D eigenvalue weighted by molar-refractivity contribution is -0.171. The van der Waals surface area contributed by atoms with Gasteiger partial charge < -0.3 is 15.4 Å². The van der Waals surface area contributed by atoms with Crippen LogP contribution >= 0.6 is 0 Å². The Balaban J connectivity index is 1.34. The normalized spacial score (nSPS) is 26.2. The zero-order valence-electron chi connectivity index (χ0n) is 17.7. The largest absolute Gasteiger partial charge is 0.460 e. The molecule has 31 heavy (non-hydrogen) atoms. The van der Waals surface area contributed by atoms with Crippen LogP contribution in [-0.4, -0.2) is 60.5 Å². The SMILES string of the molecule is NCc1ccc(C(=O)N2CC(C(=O)O[C@H]3CN4CCC3CC4)(c3ccccc3)C2)cc1. The number of carbonyl (C=O) groups is 2. The predicted molar refractivity (Wildman–Crippen MR) is 117 cm³/mol. The lowest BCUT2D eigenvalue weighted by atomic mass is 9.73. The van der Waals surface area contributed by atoms with Gasteiger partial charge in [0.1, 0.15) is 11.5 Å². The van der Waals surface area contributed by atoms with Crippen LogP contribution in [0.5, 0.6) is 0 Å². The number of carbonyl (C=O) groups excluding carboxylic acids is 2. The summed E-state index contributed by atoms with van der Waals surface area (Å²) in [5.41, 5.74) is 7.39. The Morgan fingerprint density at radius 1 is 1.00 bits per heavy atom. The van der Waals surface area contributed by atoms with Gasteiger partial charge in [0, 0.05) is 31.7 Å². The highest BCUT2D eigenvalue weighted by atomic mass is 16.5. The third kappa shape index (κ3) is 3.64. The molecule has 162 valence electrons. The molecule has 0 aliphatic carbocycles. The standard InChI is InChI=1S/C25H29N3O3/c26-14-18-6-8-20(9-7-18)23(29)28-16-25(17-28,21-4-2-1-3-5-21)24(30)31-22-15-27-12-10-19(22)11-13-27/h1-9,19,22H,10-17,26H2/t22-/m0/s1. The molecule has 6 heteroatoms. The molecular weight excluding hydrogens is 390 g/mol. The molecule has 0 spiro atoms. The molecule has 4 saturated heterocycles. The van der Waals surface area contributed by atoms with Crippen LogP contribution in [0.3, 0.4) is 0 Å². The van der Waals surface area contributed by atoms with E-state index in [1.165, 1.54) is 0 Å². The predicted octanol–water partition coefficient (Wildman–Crippen LogP) is 2.18. The van der Waals surface area contributed by atoms with Crippen LogP contribution in [0.1, 0.15) is 34.3 Å². The highest BCUT2D eigenvalue weighted by Gasteiger charge is 2.54. The van der Waals surface area contributed by atoms with Crippen molar-refractivity contribution in [2.45, 2.75) is 30.9 Å². The lowest BCUT2D eigenvalue weighted by Gasteiger charge is -2.50. The summed E-state index contributed by atoms with van der Waals surface area (Å²) in [6, 6.07) is 17.1. The van der Waals surface area contributed by atoms with Gasteiger partial charge in [0.2, 0.25) is 0 Å². The number of benzene rings is 2. The van der Waals surface area contributed by atoms with Crippen molar-refractivity contribution in [1.29, 1.82) is 0 Å². The van der Waals surface area contributed by atoms with Crippen molar-refractivity contribution >= 4 is 11.9 Å². The minimum atomic E-state index is -0.792. The molecule has 1 amide bonds. The first kappa shape index (κ1) is 20.2. The fourth-order valence-electron chi connectivity index (χ4n) is 5.20. The molecule has 2 aromatic rings. The number of hydrogen-bond donors (Lipinski definition) is 1. The number of esters is 1. The molecule has 4 fully saturated rings. The Morgan fingerprint density at radius 2 is 1.68 bits per heavy atom. The number of nitrogens with zero attached hydrogens (tertiary/aromatic N) is 2. The van der Waals surface area contributed by atoms with E-state index in [2.05, 4.69) is 4.90 Å². The Kier molecular flexibility index (Phi) is 5.28. The average molecular weight is 420 g/mol. The van der Waals surface area contributed by atoms with Gasteiger partial charge in [-0.3, -0.25) is 14.5 Å². The van der Waals surface area contributed by atoms with Gasteiger partial charge in [-0.15, -0.1) is 0 Å². The van der Waals surface area contributed by atoms with Gasteiger partial charge in [-0.05, 0) is 55.1 Å². The summed E-state index contributed by atoms with van der Waals surface area (Å²) < 4.78 is 6.12. The highest BCUT2D eigenvalue weighted by molar-refractivity contribution is 5.97. The molecule has 0 saturated carbocycles. The molecule has 2 aromatic carbocycles. The third-order valence-electron chi connectivity index (χ3n) is 7.22.